The molecule has 2 heterocycles. The molecule has 2 aromatic carbocycles. The Morgan fingerprint density at radius 2 is 1.75 bits per heavy atom. The third-order valence-electron chi connectivity index (χ3n) is 6.66. The molecule has 1 saturated heterocycles. The fraction of sp³-hybridized carbons (Fsp3) is 0.483. The van der Waals surface area contributed by atoms with Gasteiger partial charge in [-0.2, -0.15) is 0 Å². The molecule has 2 aliphatic heterocycles. The van der Waals surface area contributed by atoms with Crippen LogP contribution >= 0.6 is 11.6 Å². The molecule has 0 aromatic heterocycles. The van der Waals surface area contributed by atoms with Crippen molar-refractivity contribution in [2.24, 2.45) is 4.99 Å². The number of ether oxygens (including phenoxy) is 2. The molecule has 216 valence electrons. The number of nitrogens with one attached hydrogen (secondary N) is 4. The minimum absolute atomic E-state index is 0.0278. The summed E-state index contributed by atoms with van der Waals surface area (Å²) in [6, 6.07) is 13.1. The Kier molecular flexibility index (Phi) is 9.55. The average molecular weight is 571 g/mol. The maximum absolute atomic E-state index is 13.1. The molecular formula is C29H39ClN6O4. The number of hydrogen-bond acceptors (Lipinski definition) is 8. The van der Waals surface area contributed by atoms with E-state index >= 15 is 0 Å². The predicted molar refractivity (Wildman–Crippen MR) is 157 cm³/mol. The molecule has 0 radical (unpaired) electrons. The fourth-order valence-electron chi connectivity index (χ4n) is 4.83. The van der Waals surface area contributed by atoms with Gasteiger partial charge in [0.15, 0.2) is 0 Å². The molecule has 2 aliphatic rings. The van der Waals surface area contributed by atoms with Crippen LogP contribution in [0.3, 0.4) is 0 Å². The number of halogens is 1. The summed E-state index contributed by atoms with van der Waals surface area (Å²) in [7, 11) is 1.64. The molecule has 2 aromatic rings. The summed E-state index contributed by atoms with van der Waals surface area (Å²) in [5.41, 5.74) is 9.71. The summed E-state index contributed by atoms with van der Waals surface area (Å²) < 4.78 is 10.8. The number of unbranched alkanes of at least 4 members (excludes halogenated alkanes) is 1. The lowest BCUT2D eigenvalue weighted by Gasteiger charge is -2.31. The van der Waals surface area contributed by atoms with Crippen LogP contribution in [0.15, 0.2) is 47.5 Å². The third-order valence-corrected chi connectivity index (χ3v) is 6.91. The summed E-state index contributed by atoms with van der Waals surface area (Å²) in [6.45, 7) is 8.52. The first-order valence-electron chi connectivity index (χ1n) is 13.6. The second-order valence-corrected chi connectivity index (χ2v) is 11.4. The fourth-order valence-corrected chi connectivity index (χ4v) is 4.95. The molecule has 2 amide bonds. The van der Waals surface area contributed by atoms with Crippen LogP contribution in [0.5, 0.6) is 5.75 Å². The van der Waals surface area contributed by atoms with E-state index in [1.807, 2.05) is 63.2 Å². The number of amides is 2. The van der Waals surface area contributed by atoms with E-state index in [1.165, 1.54) is 0 Å². The van der Waals surface area contributed by atoms with Crippen molar-refractivity contribution in [2.45, 2.75) is 70.9 Å². The van der Waals surface area contributed by atoms with Gasteiger partial charge in [-0.15, -0.1) is 0 Å². The highest BCUT2D eigenvalue weighted by Crippen LogP contribution is 2.36. The predicted octanol–water partition coefficient (Wildman–Crippen LogP) is 3.97. The van der Waals surface area contributed by atoms with Crippen LogP contribution in [0.25, 0.3) is 0 Å². The Morgan fingerprint density at radius 3 is 2.42 bits per heavy atom. The van der Waals surface area contributed by atoms with Crippen LogP contribution < -0.4 is 31.1 Å². The van der Waals surface area contributed by atoms with E-state index in [9.17, 15) is 9.59 Å². The van der Waals surface area contributed by atoms with Crippen LogP contribution in [-0.2, 0) is 9.53 Å². The second kappa shape index (κ2) is 12.9. The molecule has 4 rings (SSSR count). The molecule has 10 nitrogen and oxygen atoms in total. The molecule has 3 unspecified atom stereocenters. The Morgan fingerprint density at radius 1 is 1.05 bits per heavy atom. The average Bonchev–Trinajstić information content (AvgIpc) is 3.22. The van der Waals surface area contributed by atoms with E-state index in [-0.39, 0.29) is 30.7 Å². The molecule has 0 aliphatic carbocycles. The second-order valence-electron chi connectivity index (χ2n) is 10.9. The lowest BCUT2D eigenvalue weighted by molar-refractivity contribution is -0.121. The standard InChI is InChI=1S/C29H39ClN6O4/c1-18-34-35-27-23(17-25(37)31-14-6-7-15-32-28(38)40-29(2,3)4)33-26(19-8-10-20(30)11-9-19)22-16-21(39-5)12-13-24(22)36(18)27/h8-13,16,18,23,27,34-35H,6-7,14-15,17H2,1-5H3,(H,31,37)(H,32,38). The number of anilines is 1. The quantitative estimate of drug-likeness (QED) is 0.337. The zero-order chi connectivity index (χ0) is 28.9. The van der Waals surface area contributed by atoms with Crippen molar-refractivity contribution in [1.29, 1.82) is 0 Å². The molecule has 40 heavy (non-hydrogen) atoms. The van der Waals surface area contributed by atoms with Gasteiger partial charge in [0.2, 0.25) is 5.91 Å². The van der Waals surface area contributed by atoms with Crippen LogP contribution in [0.2, 0.25) is 5.02 Å². The number of hydrogen-bond donors (Lipinski definition) is 4. The van der Waals surface area contributed by atoms with Gasteiger partial charge in [-0.25, -0.2) is 15.6 Å². The molecule has 0 bridgehead atoms. The first kappa shape index (κ1) is 29.6. The number of methoxy groups -OCH3 is 1. The number of aliphatic imine (C=N–C) groups is 1. The molecular weight excluding hydrogens is 532 g/mol. The van der Waals surface area contributed by atoms with Crippen molar-refractivity contribution in [3.05, 3.63) is 58.6 Å². The van der Waals surface area contributed by atoms with Gasteiger partial charge >= 0.3 is 6.09 Å². The Bertz CT molecular complexity index is 1230. The lowest BCUT2D eigenvalue weighted by Crippen LogP contribution is -2.47. The van der Waals surface area contributed by atoms with Gasteiger partial charge in [-0.1, -0.05) is 23.7 Å². The van der Waals surface area contributed by atoms with Crippen LogP contribution in [-0.4, -0.2) is 61.9 Å². The summed E-state index contributed by atoms with van der Waals surface area (Å²) in [5.74, 6) is 0.635. The SMILES string of the molecule is COc1ccc2c(c1)C(c1ccc(Cl)cc1)=NC(CC(=O)NCCCCNC(=O)OC(C)(C)C)C1NNC(C)N21. The number of benzene rings is 2. The largest absolute Gasteiger partial charge is 0.497 e. The summed E-state index contributed by atoms with van der Waals surface area (Å²) >= 11 is 6.18. The Labute approximate surface area is 240 Å². The number of rotatable bonds is 9. The molecule has 3 atom stereocenters. The monoisotopic (exact) mass is 570 g/mol. The number of hydrazine groups is 1. The number of fused-ring (bicyclic) bond motifs is 3. The van der Waals surface area contributed by atoms with Gasteiger partial charge in [0, 0.05) is 34.9 Å². The van der Waals surface area contributed by atoms with Crippen molar-refractivity contribution in [1.82, 2.24) is 21.5 Å². The molecule has 0 saturated carbocycles. The van der Waals surface area contributed by atoms with E-state index in [0.29, 0.717) is 18.1 Å². The first-order valence-corrected chi connectivity index (χ1v) is 14.0. The smallest absolute Gasteiger partial charge is 0.407 e. The topological polar surface area (TPSA) is 116 Å². The zero-order valence-electron chi connectivity index (χ0n) is 23.7. The number of carbonyl (C=O) groups is 2. The highest BCUT2D eigenvalue weighted by molar-refractivity contribution is 6.30. The van der Waals surface area contributed by atoms with Gasteiger partial charge in [-0.3, -0.25) is 9.79 Å². The third kappa shape index (κ3) is 7.44. The van der Waals surface area contributed by atoms with Gasteiger partial charge in [0.05, 0.1) is 31.4 Å². The number of nitrogens with zero attached hydrogens (tertiary/aromatic N) is 2. The summed E-state index contributed by atoms with van der Waals surface area (Å²) in [5, 5.41) is 6.39. The van der Waals surface area contributed by atoms with E-state index in [2.05, 4.69) is 33.3 Å². The summed E-state index contributed by atoms with van der Waals surface area (Å²) in [4.78, 5) is 32.3. The molecule has 11 heteroatoms. The van der Waals surface area contributed by atoms with E-state index in [4.69, 9.17) is 26.1 Å². The van der Waals surface area contributed by atoms with Gasteiger partial charge in [0.25, 0.3) is 0 Å². The van der Waals surface area contributed by atoms with Crippen molar-refractivity contribution in [2.75, 3.05) is 25.1 Å². The van der Waals surface area contributed by atoms with E-state index in [1.54, 1.807) is 7.11 Å². The minimum atomic E-state index is -0.531. The van der Waals surface area contributed by atoms with Gasteiger partial charge in [0.1, 0.15) is 17.5 Å². The summed E-state index contributed by atoms with van der Waals surface area (Å²) in [6.07, 6.45) is 0.938. The number of carbonyl (C=O) groups excluding carboxylic acids is 2. The van der Waals surface area contributed by atoms with Gasteiger partial charge in [-0.05, 0) is 70.9 Å². The van der Waals surface area contributed by atoms with Crippen LogP contribution in [0.1, 0.15) is 58.1 Å². The maximum Gasteiger partial charge on any atom is 0.407 e. The van der Waals surface area contributed by atoms with Crippen molar-refractivity contribution in [3.63, 3.8) is 0 Å². The lowest BCUT2D eigenvalue weighted by atomic mass is 9.99. The Hall–Kier alpha value is -3.34. The minimum Gasteiger partial charge on any atom is -0.497 e. The van der Waals surface area contributed by atoms with Crippen molar-refractivity contribution in [3.8, 4) is 5.75 Å². The highest BCUT2D eigenvalue weighted by atomic mass is 35.5. The highest BCUT2D eigenvalue weighted by Gasteiger charge is 2.40. The van der Waals surface area contributed by atoms with Gasteiger partial charge < -0.3 is 25.0 Å². The van der Waals surface area contributed by atoms with Crippen LogP contribution in [0.4, 0.5) is 10.5 Å². The molecule has 1 fully saturated rings. The maximum atomic E-state index is 13.1. The number of alkyl carbamates (subject to hydrolysis) is 1. The van der Waals surface area contributed by atoms with Crippen molar-refractivity contribution < 1.29 is 19.1 Å². The first-order chi connectivity index (χ1) is 19.1. The normalized spacial score (nSPS) is 20.1. The van der Waals surface area contributed by atoms with Crippen molar-refractivity contribution >= 4 is 35.0 Å². The van der Waals surface area contributed by atoms with E-state index in [0.717, 1.165) is 41.1 Å². The Balaban J connectivity index is 1.46. The van der Waals surface area contributed by atoms with E-state index < -0.39 is 11.7 Å². The molecule has 4 N–H and O–H groups in total. The zero-order valence-corrected chi connectivity index (χ0v) is 24.5. The molecule has 0 spiro atoms. The van der Waals surface area contributed by atoms with Crippen LogP contribution in [0, 0.1) is 0 Å².